The molecule has 2 aromatic carbocycles. The highest BCUT2D eigenvalue weighted by atomic mass is 32.2. The van der Waals surface area contributed by atoms with Crippen LogP contribution in [-0.4, -0.2) is 10.1 Å². The Kier molecular flexibility index (Phi) is 3.66. The van der Waals surface area contributed by atoms with Crippen LogP contribution < -0.4 is 0 Å². The topological polar surface area (TPSA) is 38.9 Å². The van der Waals surface area contributed by atoms with Crippen LogP contribution >= 0.6 is 23.1 Å². The number of fused-ring (bicyclic) bond motifs is 1. The SMILES string of the molecule is c1ccc(-c2cc(CSc3nc4ccccc4s3)on2)cc1. The number of nitrogens with zero attached hydrogens (tertiary/aromatic N) is 2. The van der Waals surface area contributed by atoms with E-state index in [-0.39, 0.29) is 0 Å². The van der Waals surface area contributed by atoms with Crippen molar-refractivity contribution in [3.8, 4) is 11.3 Å². The van der Waals surface area contributed by atoms with Gasteiger partial charge in [0.15, 0.2) is 4.34 Å². The molecule has 0 spiro atoms. The third kappa shape index (κ3) is 2.77. The van der Waals surface area contributed by atoms with Crippen LogP contribution in [0, 0.1) is 0 Å². The first-order valence-electron chi connectivity index (χ1n) is 6.88. The fourth-order valence-electron chi connectivity index (χ4n) is 2.17. The summed E-state index contributed by atoms with van der Waals surface area (Å²) in [4.78, 5) is 4.61. The standard InChI is InChI=1S/C17H12N2OS2/c1-2-6-12(7-3-1)15-10-13(20-19-15)11-21-17-18-14-8-4-5-9-16(14)22-17/h1-10H,11H2. The van der Waals surface area contributed by atoms with Crippen LogP contribution in [0.25, 0.3) is 21.5 Å². The lowest BCUT2D eigenvalue weighted by molar-refractivity contribution is 0.397. The molecule has 0 unspecified atom stereocenters. The van der Waals surface area contributed by atoms with Gasteiger partial charge in [-0.25, -0.2) is 4.98 Å². The van der Waals surface area contributed by atoms with Gasteiger partial charge in [-0.3, -0.25) is 0 Å². The van der Waals surface area contributed by atoms with Gasteiger partial charge in [0.25, 0.3) is 0 Å². The molecule has 0 radical (unpaired) electrons. The zero-order chi connectivity index (χ0) is 14.8. The zero-order valence-corrected chi connectivity index (χ0v) is 13.2. The second-order valence-corrected chi connectivity index (χ2v) is 7.03. The van der Waals surface area contributed by atoms with Gasteiger partial charge in [0.1, 0.15) is 11.5 Å². The van der Waals surface area contributed by atoms with Crippen molar-refractivity contribution < 1.29 is 4.52 Å². The minimum absolute atomic E-state index is 0.736. The molecule has 0 aliphatic heterocycles. The second-order valence-electron chi connectivity index (χ2n) is 4.78. The molecule has 3 nitrogen and oxygen atoms in total. The molecule has 4 aromatic rings. The Labute approximate surface area is 136 Å². The van der Waals surface area contributed by atoms with E-state index in [0.29, 0.717) is 0 Å². The van der Waals surface area contributed by atoms with Crippen molar-refractivity contribution in [1.82, 2.24) is 10.1 Å². The first kappa shape index (κ1) is 13.5. The van der Waals surface area contributed by atoms with Crippen molar-refractivity contribution in [3.05, 3.63) is 66.4 Å². The van der Waals surface area contributed by atoms with E-state index >= 15 is 0 Å². The van der Waals surface area contributed by atoms with Crippen LogP contribution in [0.15, 0.2) is 69.5 Å². The molecule has 0 aliphatic carbocycles. The Morgan fingerprint density at radius 2 is 1.82 bits per heavy atom. The number of rotatable bonds is 4. The number of thiazole rings is 1. The van der Waals surface area contributed by atoms with E-state index in [2.05, 4.69) is 16.2 Å². The summed E-state index contributed by atoms with van der Waals surface area (Å²) in [6, 6.07) is 20.2. The first-order chi connectivity index (χ1) is 10.9. The largest absolute Gasteiger partial charge is 0.360 e. The van der Waals surface area contributed by atoms with Gasteiger partial charge in [-0.2, -0.15) is 0 Å². The van der Waals surface area contributed by atoms with Crippen molar-refractivity contribution in [2.75, 3.05) is 0 Å². The van der Waals surface area contributed by atoms with Gasteiger partial charge in [0.05, 0.1) is 16.0 Å². The van der Waals surface area contributed by atoms with E-state index in [4.69, 9.17) is 4.52 Å². The van der Waals surface area contributed by atoms with Gasteiger partial charge in [-0.1, -0.05) is 59.4 Å². The van der Waals surface area contributed by atoms with Crippen molar-refractivity contribution >= 4 is 33.3 Å². The van der Waals surface area contributed by atoms with Gasteiger partial charge < -0.3 is 4.52 Å². The fraction of sp³-hybridized carbons (Fsp3) is 0.0588. The van der Waals surface area contributed by atoms with E-state index in [1.807, 2.05) is 54.6 Å². The van der Waals surface area contributed by atoms with Gasteiger partial charge in [0.2, 0.25) is 0 Å². The third-order valence-electron chi connectivity index (χ3n) is 3.24. The highest BCUT2D eigenvalue weighted by molar-refractivity contribution is 8.00. The van der Waals surface area contributed by atoms with Crippen LogP contribution in [0.5, 0.6) is 0 Å². The summed E-state index contributed by atoms with van der Waals surface area (Å²) >= 11 is 3.39. The van der Waals surface area contributed by atoms with E-state index in [1.54, 1.807) is 23.1 Å². The summed E-state index contributed by atoms with van der Waals surface area (Å²) in [6.45, 7) is 0. The summed E-state index contributed by atoms with van der Waals surface area (Å²) in [5.74, 6) is 1.60. The van der Waals surface area contributed by atoms with Crippen LogP contribution in [0.4, 0.5) is 0 Å². The molecule has 0 atom stereocenters. The molecule has 0 N–H and O–H groups in total. The highest BCUT2D eigenvalue weighted by Gasteiger charge is 2.09. The molecule has 0 saturated heterocycles. The molecule has 2 heterocycles. The minimum atomic E-state index is 0.736. The maximum atomic E-state index is 5.42. The third-order valence-corrected chi connectivity index (χ3v) is 5.44. The lowest BCUT2D eigenvalue weighted by atomic mass is 10.1. The number of hydrogen-bond donors (Lipinski definition) is 0. The number of hydrogen-bond acceptors (Lipinski definition) is 5. The van der Waals surface area contributed by atoms with E-state index < -0.39 is 0 Å². The average Bonchev–Trinajstić information content (AvgIpc) is 3.20. The molecule has 0 amide bonds. The second kappa shape index (κ2) is 5.94. The summed E-state index contributed by atoms with van der Waals surface area (Å²) < 4.78 is 7.69. The van der Waals surface area contributed by atoms with Gasteiger partial charge in [0, 0.05) is 11.6 Å². The normalized spacial score (nSPS) is 11.1. The molecular formula is C17H12N2OS2. The molecule has 108 valence electrons. The molecule has 0 saturated carbocycles. The smallest absolute Gasteiger partial charge is 0.151 e. The van der Waals surface area contributed by atoms with Gasteiger partial charge >= 0.3 is 0 Å². The minimum Gasteiger partial charge on any atom is -0.360 e. The summed E-state index contributed by atoms with van der Waals surface area (Å²) in [5.41, 5.74) is 3.00. The Bertz CT molecular complexity index is 866. The molecule has 4 rings (SSSR count). The number of thioether (sulfide) groups is 1. The predicted molar refractivity (Wildman–Crippen MR) is 91.1 cm³/mol. The lowest BCUT2D eigenvalue weighted by Gasteiger charge is -1.92. The molecule has 0 fully saturated rings. The Morgan fingerprint density at radius 1 is 1.00 bits per heavy atom. The van der Waals surface area contributed by atoms with Crippen molar-refractivity contribution in [1.29, 1.82) is 0 Å². The number of aromatic nitrogens is 2. The summed E-state index contributed by atoms with van der Waals surface area (Å²) in [5, 5.41) is 4.14. The average molecular weight is 324 g/mol. The summed E-state index contributed by atoms with van der Waals surface area (Å²) in [6.07, 6.45) is 0. The fourth-order valence-corrected chi connectivity index (χ4v) is 4.12. The highest BCUT2D eigenvalue weighted by Crippen LogP contribution is 2.32. The van der Waals surface area contributed by atoms with Crippen molar-refractivity contribution in [3.63, 3.8) is 0 Å². The molecular weight excluding hydrogens is 312 g/mol. The van der Waals surface area contributed by atoms with Crippen molar-refractivity contribution in [2.24, 2.45) is 0 Å². The number of benzene rings is 2. The quantitative estimate of drug-likeness (QED) is 0.481. The first-order valence-corrected chi connectivity index (χ1v) is 8.68. The Balaban J connectivity index is 1.49. The maximum absolute atomic E-state index is 5.42. The van der Waals surface area contributed by atoms with Crippen LogP contribution in [0.2, 0.25) is 0 Å². The van der Waals surface area contributed by atoms with E-state index in [9.17, 15) is 0 Å². The molecule has 0 bridgehead atoms. The van der Waals surface area contributed by atoms with Crippen LogP contribution in [-0.2, 0) is 5.75 Å². The molecule has 5 heteroatoms. The van der Waals surface area contributed by atoms with Gasteiger partial charge in [-0.05, 0) is 12.1 Å². The van der Waals surface area contributed by atoms with Crippen LogP contribution in [0.3, 0.4) is 0 Å². The molecule has 0 aliphatic rings. The predicted octanol–water partition coefficient (Wildman–Crippen LogP) is 5.24. The monoisotopic (exact) mass is 324 g/mol. The Morgan fingerprint density at radius 3 is 2.68 bits per heavy atom. The summed E-state index contributed by atoms with van der Waals surface area (Å²) in [7, 11) is 0. The lowest BCUT2D eigenvalue weighted by Crippen LogP contribution is -1.75. The zero-order valence-electron chi connectivity index (χ0n) is 11.6. The Hall–Kier alpha value is -2.11. The van der Waals surface area contributed by atoms with Crippen molar-refractivity contribution in [2.45, 2.75) is 10.1 Å². The molecule has 22 heavy (non-hydrogen) atoms. The van der Waals surface area contributed by atoms with Gasteiger partial charge in [-0.15, -0.1) is 11.3 Å². The maximum Gasteiger partial charge on any atom is 0.151 e. The molecule has 2 aromatic heterocycles. The van der Waals surface area contributed by atoms with Crippen LogP contribution in [0.1, 0.15) is 5.76 Å². The van der Waals surface area contributed by atoms with E-state index in [1.165, 1.54) is 4.70 Å². The van der Waals surface area contributed by atoms with E-state index in [0.717, 1.165) is 32.6 Å². The number of para-hydroxylation sites is 1.